The lowest BCUT2D eigenvalue weighted by Gasteiger charge is -2.17. The minimum Gasteiger partial charge on any atom is -0.377 e. The van der Waals surface area contributed by atoms with Gasteiger partial charge in [-0.3, -0.25) is 10.1 Å². The van der Waals surface area contributed by atoms with Crippen molar-refractivity contribution >= 4 is 22.1 Å². The van der Waals surface area contributed by atoms with Gasteiger partial charge in [-0.15, -0.1) is 0 Å². The fraction of sp³-hybridized carbons (Fsp3) is 0.0952. The monoisotopic (exact) mass is 358 g/mol. The summed E-state index contributed by atoms with van der Waals surface area (Å²) in [5.74, 6) is 0. The fourth-order valence-electron chi connectivity index (χ4n) is 3.22. The highest BCUT2D eigenvalue weighted by Gasteiger charge is 2.11. The first-order chi connectivity index (χ1) is 13.0. The van der Waals surface area contributed by atoms with Crippen molar-refractivity contribution in [1.29, 1.82) is 0 Å². The lowest BCUT2D eigenvalue weighted by molar-refractivity contribution is -0.384. The van der Waals surface area contributed by atoms with E-state index in [4.69, 9.17) is 0 Å². The van der Waals surface area contributed by atoms with E-state index in [0.717, 1.165) is 33.4 Å². The number of aromatic nitrogens is 2. The summed E-state index contributed by atoms with van der Waals surface area (Å²) >= 11 is 0. The van der Waals surface area contributed by atoms with Crippen LogP contribution in [0.15, 0.2) is 72.9 Å². The zero-order valence-corrected chi connectivity index (χ0v) is 15.0. The first-order valence-corrected chi connectivity index (χ1v) is 8.54. The average Bonchev–Trinajstić information content (AvgIpc) is 3.17. The molecule has 134 valence electrons. The molecule has 6 heteroatoms. The van der Waals surface area contributed by atoms with Gasteiger partial charge in [0.05, 0.1) is 16.3 Å². The Morgan fingerprint density at radius 2 is 1.63 bits per heavy atom. The summed E-state index contributed by atoms with van der Waals surface area (Å²) in [6, 6.07) is 20.7. The van der Waals surface area contributed by atoms with E-state index >= 15 is 0 Å². The highest BCUT2D eigenvalue weighted by molar-refractivity contribution is 5.99. The lowest BCUT2D eigenvalue weighted by Crippen LogP contribution is -2.09. The smallest absolute Gasteiger partial charge is 0.269 e. The Hall–Kier alpha value is -3.67. The minimum absolute atomic E-state index is 0.0726. The number of anilines is 1. The average molecular weight is 358 g/mol. The highest BCUT2D eigenvalue weighted by Crippen LogP contribution is 2.31. The third-order valence-electron chi connectivity index (χ3n) is 4.57. The van der Waals surface area contributed by atoms with Crippen LogP contribution < -0.4 is 4.90 Å². The summed E-state index contributed by atoms with van der Waals surface area (Å²) < 4.78 is 1.85. The molecule has 0 radical (unpaired) electrons. The topological polar surface area (TPSA) is 64.2 Å². The van der Waals surface area contributed by atoms with E-state index in [0.29, 0.717) is 0 Å². The van der Waals surface area contributed by atoms with Crippen molar-refractivity contribution in [2.24, 2.45) is 0 Å². The maximum absolute atomic E-state index is 10.8. The first kappa shape index (κ1) is 16.8. The Morgan fingerprint density at radius 3 is 2.30 bits per heavy atom. The third kappa shape index (κ3) is 3.01. The molecule has 0 bridgehead atoms. The molecular formula is C21H18N4O2. The molecule has 0 unspecified atom stereocenters. The van der Waals surface area contributed by atoms with Gasteiger partial charge in [0.15, 0.2) is 0 Å². The van der Waals surface area contributed by atoms with Crippen molar-refractivity contribution in [2.45, 2.75) is 0 Å². The van der Waals surface area contributed by atoms with Crippen molar-refractivity contribution in [3.8, 4) is 16.9 Å². The molecule has 0 saturated carbocycles. The number of fused-ring (bicyclic) bond motifs is 1. The standard InChI is InChI=1S/C21H18N4O2/c1-23(2)20-11-12-21(18-6-4-3-5-17(18)20)24-14-13-19(22-24)15-7-9-16(10-8-15)25(26)27/h3-14H,1-2H3. The molecule has 1 aromatic heterocycles. The predicted octanol–water partition coefficient (Wildman–Crippen LogP) is 4.67. The molecular weight excluding hydrogens is 340 g/mol. The Labute approximate surface area is 156 Å². The van der Waals surface area contributed by atoms with Crippen molar-refractivity contribution in [3.05, 3.63) is 83.0 Å². The number of benzene rings is 3. The van der Waals surface area contributed by atoms with Gasteiger partial charge in [0, 0.05) is 54.4 Å². The number of rotatable bonds is 4. The van der Waals surface area contributed by atoms with E-state index in [1.165, 1.54) is 12.1 Å². The summed E-state index contributed by atoms with van der Waals surface area (Å²) in [4.78, 5) is 12.5. The molecule has 0 N–H and O–H groups in total. The van der Waals surface area contributed by atoms with Crippen molar-refractivity contribution < 1.29 is 4.92 Å². The molecule has 0 amide bonds. The molecule has 0 aliphatic rings. The molecule has 0 atom stereocenters. The second-order valence-corrected chi connectivity index (χ2v) is 6.49. The van der Waals surface area contributed by atoms with Gasteiger partial charge in [0.2, 0.25) is 0 Å². The molecule has 0 saturated heterocycles. The summed E-state index contributed by atoms with van der Waals surface area (Å²) in [6.45, 7) is 0. The highest BCUT2D eigenvalue weighted by atomic mass is 16.6. The van der Waals surface area contributed by atoms with E-state index in [1.807, 2.05) is 43.2 Å². The third-order valence-corrected chi connectivity index (χ3v) is 4.57. The van der Waals surface area contributed by atoms with Gasteiger partial charge in [-0.25, -0.2) is 4.68 Å². The molecule has 0 aliphatic heterocycles. The lowest BCUT2D eigenvalue weighted by atomic mass is 10.1. The van der Waals surface area contributed by atoms with Gasteiger partial charge in [-0.1, -0.05) is 24.3 Å². The van der Waals surface area contributed by atoms with Crippen LogP contribution in [0.4, 0.5) is 11.4 Å². The predicted molar refractivity (Wildman–Crippen MR) is 107 cm³/mol. The zero-order valence-electron chi connectivity index (χ0n) is 15.0. The number of nitro benzene ring substituents is 1. The van der Waals surface area contributed by atoms with Crippen LogP contribution in [-0.2, 0) is 0 Å². The van der Waals surface area contributed by atoms with E-state index in [9.17, 15) is 10.1 Å². The molecule has 0 spiro atoms. The quantitative estimate of drug-likeness (QED) is 0.393. The molecule has 0 aliphatic carbocycles. The van der Waals surface area contributed by atoms with E-state index in [2.05, 4.69) is 34.3 Å². The van der Waals surface area contributed by atoms with Crippen LogP contribution in [-0.4, -0.2) is 28.8 Å². The zero-order chi connectivity index (χ0) is 19.0. The maximum Gasteiger partial charge on any atom is 0.269 e. The SMILES string of the molecule is CN(C)c1ccc(-n2ccc(-c3ccc([N+](=O)[O-])cc3)n2)c2ccccc12. The molecule has 4 rings (SSSR count). The number of non-ortho nitro benzene ring substituents is 1. The summed E-state index contributed by atoms with van der Waals surface area (Å²) in [5, 5.41) is 17.8. The van der Waals surface area contributed by atoms with E-state index < -0.39 is 4.92 Å². The first-order valence-electron chi connectivity index (χ1n) is 8.54. The Bertz CT molecular complexity index is 1130. The number of nitrogens with zero attached hydrogens (tertiary/aromatic N) is 4. The molecule has 1 heterocycles. The molecule has 6 nitrogen and oxygen atoms in total. The van der Waals surface area contributed by atoms with E-state index in [-0.39, 0.29) is 5.69 Å². The number of hydrogen-bond acceptors (Lipinski definition) is 4. The van der Waals surface area contributed by atoms with Gasteiger partial charge in [-0.05, 0) is 30.3 Å². The number of hydrogen-bond donors (Lipinski definition) is 0. The van der Waals surface area contributed by atoms with Crippen LogP contribution in [0.25, 0.3) is 27.7 Å². The maximum atomic E-state index is 10.8. The van der Waals surface area contributed by atoms with Crippen LogP contribution in [0.3, 0.4) is 0 Å². The largest absolute Gasteiger partial charge is 0.377 e. The molecule has 3 aromatic carbocycles. The van der Waals surface area contributed by atoms with Gasteiger partial charge >= 0.3 is 0 Å². The van der Waals surface area contributed by atoms with Crippen LogP contribution in [0.2, 0.25) is 0 Å². The summed E-state index contributed by atoms with van der Waals surface area (Å²) in [5.41, 5.74) is 3.82. The van der Waals surface area contributed by atoms with Gasteiger partial charge in [0.25, 0.3) is 5.69 Å². The van der Waals surface area contributed by atoms with Gasteiger partial charge < -0.3 is 4.90 Å². The van der Waals surface area contributed by atoms with Crippen LogP contribution in [0.5, 0.6) is 0 Å². The van der Waals surface area contributed by atoms with E-state index in [1.54, 1.807) is 12.1 Å². The molecule has 4 aromatic rings. The van der Waals surface area contributed by atoms with Crippen molar-refractivity contribution in [3.63, 3.8) is 0 Å². The summed E-state index contributed by atoms with van der Waals surface area (Å²) in [7, 11) is 4.06. The Kier molecular flexibility index (Phi) is 4.08. The van der Waals surface area contributed by atoms with Gasteiger partial charge in [0.1, 0.15) is 0 Å². The van der Waals surface area contributed by atoms with Crippen molar-refractivity contribution in [1.82, 2.24) is 9.78 Å². The fourth-order valence-corrected chi connectivity index (χ4v) is 3.22. The Balaban J connectivity index is 1.78. The Morgan fingerprint density at radius 1 is 0.926 bits per heavy atom. The second-order valence-electron chi connectivity index (χ2n) is 6.49. The van der Waals surface area contributed by atoms with Crippen LogP contribution in [0, 0.1) is 10.1 Å². The van der Waals surface area contributed by atoms with Crippen LogP contribution >= 0.6 is 0 Å². The normalized spacial score (nSPS) is 10.9. The van der Waals surface area contributed by atoms with Gasteiger partial charge in [-0.2, -0.15) is 5.10 Å². The minimum atomic E-state index is -0.402. The number of nitro groups is 1. The molecule has 0 fully saturated rings. The van der Waals surface area contributed by atoms with Crippen molar-refractivity contribution in [2.75, 3.05) is 19.0 Å². The van der Waals surface area contributed by atoms with Crippen LogP contribution in [0.1, 0.15) is 0 Å². The summed E-state index contributed by atoms with van der Waals surface area (Å²) in [6.07, 6.45) is 1.91. The second kappa shape index (κ2) is 6.57. The molecule has 27 heavy (non-hydrogen) atoms.